The second kappa shape index (κ2) is 9.67. The molecule has 3 nitrogen and oxygen atoms in total. The predicted octanol–water partition coefficient (Wildman–Crippen LogP) is 6.74. The number of thioether (sulfide) groups is 1. The Kier molecular flexibility index (Phi) is 6.97. The molecule has 0 radical (unpaired) electrons. The lowest BCUT2D eigenvalue weighted by atomic mass is 10.0. The molecule has 1 atom stereocenters. The highest BCUT2D eigenvalue weighted by Crippen LogP contribution is 2.35. The summed E-state index contributed by atoms with van der Waals surface area (Å²) < 4.78 is 0. The lowest BCUT2D eigenvalue weighted by Gasteiger charge is -2.29. The summed E-state index contributed by atoms with van der Waals surface area (Å²) in [5, 5.41) is 0.960. The molecule has 0 spiro atoms. The van der Waals surface area contributed by atoms with Crippen molar-refractivity contribution in [2.45, 2.75) is 26.2 Å². The Morgan fingerprint density at radius 1 is 1.03 bits per heavy atom. The van der Waals surface area contributed by atoms with Crippen LogP contribution in [0.1, 0.15) is 31.7 Å². The first-order chi connectivity index (χ1) is 14.5. The molecular formula is C24H26Cl2N2OS. The van der Waals surface area contributed by atoms with Gasteiger partial charge in [0.05, 0.1) is 15.0 Å². The van der Waals surface area contributed by atoms with Crippen molar-refractivity contribution < 1.29 is 4.79 Å². The van der Waals surface area contributed by atoms with Gasteiger partial charge in [0.25, 0.3) is 5.91 Å². The lowest BCUT2D eigenvalue weighted by molar-refractivity contribution is -0.114. The van der Waals surface area contributed by atoms with E-state index in [1.807, 2.05) is 12.1 Å². The van der Waals surface area contributed by atoms with E-state index in [2.05, 4.69) is 36.1 Å². The number of hydrogen-bond acceptors (Lipinski definition) is 3. The largest absolute Gasteiger partial charge is 0.371 e. The van der Waals surface area contributed by atoms with Crippen LogP contribution in [-0.2, 0) is 4.79 Å². The zero-order valence-electron chi connectivity index (χ0n) is 17.1. The molecule has 2 heterocycles. The van der Waals surface area contributed by atoms with Crippen LogP contribution >= 0.6 is 35.0 Å². The number of hydrogen-bond donors (Lipinski definition) is 0. The molecule has 0 N–H and O–H groups in total. The molecule has 0 saturated carbocycles. The van der Waals surface area contributed by atoms with Crippen LogP contribution in [0.15, 0.2) is 47.4 Å². The molecule has 158 valence electrons. The van der Waals surface area contributed by atoms with E-state index in [9.17, 15) is 4.79 Å². The van der Waals surface area contributed by atoms with Gasteiger partial charge in [0.15, 0.2) is 0 Å². The summed E-state index contributed by atoms with van der Waals surface area (Å²) in [6.45, 7) is 5.13. The van der Waals surface area contributed by atoms with E-state index in [-0.39, 0.29) is 5.91 Å². The number of para-hydroxylation sites is 1. The van der Waals surface area contributed by atoms with E-state index in [1.165, 1.54) is 24.9 Å². The number of halogens is 2. The maximum Gasteiger partial charge on any atom is 0.264 e. The third-order valence-electron chi connectivity index (χ3n) is 5.82. The molecule has 2 aliphatic heterocycles. The van der Waals surface area contributed by atoms with Gasteiger partial charge in [0.2, 0.25) is 0 Å². The van der Waals surface area contributed by atoms with E-state index in [0.29, 0.717) is 16.6 Å². The van der Waals surface area contributed by atoms with Crippen molar-refractivity contribution in [2.24, 2.45) is 5.92 Å². The first-order valence-corrected chi connectivity index (χ1v) is 12.2. The highest BCUT2D eigenvalue weighted by atomic mass is 35.5. The minimum absolute atomic E-state index is 0.0175. The van der Waals surface area contributed by atoms with Gasteiger partial charge in [-0.1, -0.05) is 48.3 Å². The van der Waals surface area contributed by atoms with Gasteiger partial charge in [-0.25, -0.2) is 0 Å². The standard InChI is InChI=1S/C24H26Cl2N2OS/c1-17-5-4-11-27(12-10-17)22-7-3-2-6-18(22)15-23-24(29)28(13-14-30-23)19-8-9-20(25)21(26)16-19/h2-3,6-9,15-17H,4-5,10-14H2,1H3/b23-15-. The molecule has 1 amide bonds. The van der Waals surface area contributed by atoms with Gasteiger partial charge < -0.3 is 9.80 Å². The quantitative estimate of drug-likeness (QED) is 0.473. The van der Waals surface area contributed by atoms with Crippen LogP contribution < -0.4 is 9.80 Å². The van der Waals surface area contributed by atoms with Crippen LogP contribution in [0.2, 0.25) is 10.0 Å². The van der Waals surface area contributed by atoms with Gasteiger partial charge in [0.1, 0.15) is 0 Å². The summed E-state index contributed by atoms with van der Waals surface area (Å²) in [6.07, 6.45) is 5.77. The number of nitrogens with zero attached hydrogens (tertiary/aromatic N) is 2. The van der Waals surface area contributed by atoms with Crippen molar-refractivity contribution in [3.63, 3.8) is 0 Å². The molecular weight excluding hydrogens is 435 g/mol. The Hall–Kier alpha value is -1.62. The maximum absolute atomic E-state index is 13.3. The van der Waals surface area contributed by atoms with Crippen LogP contribution in [0.25, 0.3) is 6.08 Å². The molecule has 2 aliphatic rings. The second-order valence-corrected chi connectivity index (χ2v) is 9.95. The maximum atomic E-state index is 13.3. The van der Waals surface area contributed by atoms with Crippen molar-refractivity contribution in [3.05, 3.63) is 63.0 Å². The van der Waals surface area contributed by atoms with Gasteiger partial charge in [0, 0.05) is 36.8 Å². The predicted molar refractivity (Wildman–Crippen MR) is 131 cm³/mol. The molecule has 0 aromatic heterocycles. The summed E-state index contributed by atoms with van der Waals surface area (Å²) in [4.78, 5) is 18.3. The van der Waals surface area contributed by atoms with Gasteiger partial charge >= 0.3 is 0 Å². The zero-order valence-corrected chi connectivity index (χ0v) is 19.4. The Bertz CT molecular complexity index is 962. The minimum atomic E-state index is 0.0175. The van der Waals surface area contributed by atoms with Gasteiger partial charge in [-0.05, 0) is 61.1 Å². The molecule has 30 heavy (non-hydrogen) atoms. The summed E-state index contributed by atoms with van der Waals surface area (Å²) in [5.74, 6) is 1.64. The summed E-state index contributed by atoms with van der Waals surface area (Å²) in [6, 6.07) is 13.8. The Balaban J connectivity index is 1.61. The van der Waals surface area contributed by atoms with E-state index in [4.69, 9.17) is 23.2 Å². The van der Waals surface area contributed by atoms with Crippen LogP contribution in [-0.4, -0.2) is 31.3 Å². The molecule has 2 aromatic carbocycles. The zero-order chi connectivity index (χ0) is 21.1. The molecule has 4 rings (SSSR count). The van der Waals surface area contributed by atoms with Crippen LogP contribution in [0.3, 0.4) is 0 Å². The van der Waals surface area contributed by atoms with Crippen LogP contribution in [0.4, 0.5) is 11.4 Å². The van der Waals surface area contributed by atoms with E-state index >= 15 is 0 Å². The molecule has 2 fully saturated rings. The van der Waals surface area contributed by atoms with Crippen molar-refractivity contribution >= 4 is 58.3 Å². The van der Waals surface area contributed by atoms with E-state index < -0.39 is 0 Å². The van der Waals surface area contributed by atoms with Crippen LogP contribution in [0, 0.1) is 5.92 Å². The van der Waals surface area contributed by atoms with E-state index in [1.54, 1.807) is 28.8 Å². The fraction of sp³-hybridized carbons (Fsp3) is 0.375. The molecule has 0 bridgehead atoms. The number of carbonyl (C=O) groups is 1. The van der Waals surface area contributed by atoms with Crippen LogP contribution in [0.5, 0.6) is 0 Å². The fourth-order valence-corrected chi connectivity index (χ4v) is 5.32. The molecule has 2 saturated heterocycles. The fourth-order valence-electron chi connectivity index (χ4n) is 4.09. The Morgan fingerprint density at radius 2 is 1.87 bits per heavy atom. The lowest BCUT2D eigenvalue weighted by Crippen LogP contribution is -2.37. The van der Waals surface area contributed by atoms with Crippen molar-refractivity contribution in [3.8, 4) is 0 Å². The average molecular weight is 461 g/mol. The van der Waals surface area contributed by atoms with Crippen molar-refractivity contribution in [2.75, 3.05) is 35.2 Å². The van der Waals surface area contributed by atoms with Gasteiger partial charge in [-0.2, -0.15) is 0 Å². The number of carbonyl (C=O) groups excluding carboxylic acids is 1. The minimum Gasteiger partial charge on any atom is -0.371 e. The smallest absolute Gasteiger partial charge is 0.264 e. The van der Waals surface area contributed by atoms with Crippen molar-refractivity contribution in [1.29, 1.82) is 0 Å². The summed E-state index contributed by atoms with van der Waals surface area (Å²) in [5.41, 5.74) is 3.12. The third-order valence-corrected chi connectivity index (χ3v) is 7.55. The topological polar surface area (TPSA) is 23.6 Å². The molecule has 2 aromatic rings. The summed E-state index contributed by atoms with van der Waals surface area (Å²) >= 11 is 13.9. The first kappa shape index (κ1) is 21.6. The first-order valence-electron chi connectivity index (χ1n) is 10.5. The number of anilines is 2. The SMILES string of the molecule is CC1CCCN(c2ccccc2/C=C2\SCCN(c3ccc(Cl)c(Cl)c3)C2=O)CC1. The summed E-state index contributed by atoms with van der Waals surface area (Å²) in [7, 11) is 0. The molecule has 6 heteroatoms. The van der Waals surface area contributed by atoms with Gasteiger partial charge in [-0.3, -0.25) is 4.79 Å². The second-order valence-electron chi connectivity index (χ2n) is 7.99. The number of rotatable bonds is 3. The molecule has 0 aliphatic carbocycles. The Morgan fingerprint density at radius 3 is 2.70 bits per heavy atom. The number of benzene rings is 2. The number of amides is 1. The third kappa shape index (κ3) is 4.82. The molecule has 1 unspecified atom stereocenters. The van der Waals surface area contributed by atoms with Gasteiger partial charge in [-0.15, -0.1) is 11.8 Å². The van der Waals surface area contributed by atoms with E-state index in [0.717, 1.165) is 40.9 Å². The highest BCUT2D eigenvalue weighted by Gasteiger charge is 2.26. The monoisotopic (exact) mass is 460 g/mol. The highest BCUT2D eigenvalue weighted by molar-refractivity contribution is 8.04. The average Bonchev–Trinajstić information content (AvgIpc) is 2.96. The van der Waals surface area contributed by atoms with Crippen molar-refractivity contribution in [1.82, 2.24) is 0 Å². The Labute approximate surface area is 193 Å². The normalized spacial score (nSPS) is 21.8.